The van der Waals surface area contributed by atoms with E-state index < -0.39 is 0 Å². The second kappa shape index (κ2) is 2.43. The molecule has 1 aliphatic carbocycles. The molecule has 0 saturated heterocycles. The fourth-order valence-electron chi connectivity index (χ4n) is 1.09. The van der Waals surface area contributed by atoms with Gasteiger partial charge in [0.15, 0.2) is 0 Å². The van der Waals surface area contributed by atoms with E-state index in [9.17, 15) is 0 Å². The van der Waals surface area contributed by atoms with Crippen molar-refractivity contribution < 1.29 is 0 Å². The summed E-state index contributed by atoms with van der Waals surface area (Å²) >= 11 is 1.81. The third kappa shape index (κ3) is 0.929. The Hall–Kier alpha value is -0.820. The van der Waals surface area contributed by atoms with E-state index in [1.165, 1.54) is 10.5 Å². The zero-order valence-electron chi connectivity index (χ0n) is 5.58. The molecular weight excluding hydrogens is 140 g/mol. The van der Waals surface area contributed by atoms with Crippen LogP contribution in [-0.2, 0) is 0 Å². The molecule has 1 aliphatic rings. The molecule has 0 N–H and O–H groups in total. The van der Waals surface area contributed by atoms with Crippen LogP contribution in [0.2, 0.25) is 0 Å². The van der Waals surface area contributed by atoms with Crippen LogP contribution >= 0.6 is 11.3 Å². The van der Waals surface area contributed by atoms with Crippen molar-refractivity contribution in [1.29, 1.82) is 0 Å². The highest BCUT2D eigenvalue weighted by Crippen LogP contribution is 2.26. The van der Waals surface area contributed by atoms with Crippen LogP contribution in [0.5, 0.6) is 0 Å². The molecule has 0 aromatic carbocycles. The Morgan fingerprint density at radius 3 is 3.00 bits per heavy atom. The molecule has 50 valence electrons. The first-order chi connectivity index (χ1) is 4.97. The second-order valence-electron chi connectivity index (χ2n) is 2.30. The summed E-state index contributed by atoms with van der Waals surface area (Å²) in [5.41, 5.74) is 1.45. The van der Waals surface area contributed by atoms with Crippen LogP contribution in [-0.4, -0.2) is 0 Å². The highest BCUT2D eigenvalue weighted by Gasteiger charge is 2.01. The number of rotatable bonds is 1. The molecule has 2 rings (SSSR count). The fourth-order valence-corrected chi connectivity index (χ4v) is 1.85. The first kappa shape index (κ1) is 5.93. The summed E-state index contributed by atoms with van der Waals surface area (Å²) in [7, 11) is 0. The Balaban J connectivity index is 2.30. The molecule has 0 amide bonds. The lowest BCUT2D eigenvalue weighted by Crippen LogP contribution is -1.70. The van der Waals surface area contributed by atoms with E-state index in [0.29, 0.717) is 0 Å². The van der Waals surface area contributed by atoms with Crippen LogP contribution in [0.3, 0.4) is 0 Å². The summed E-state index contributed by atoms with van der Waals surface area (Å²) in [5.74, 6) is 0. The molecule has 0 fully saturated rings. The quantitative estimate of drug-likeness (QED) is 0.574. The monoisotopic (exact) mass is 148 g/mol. The van der Waals surface area contributed by atoms with Crippen molar-refractivity contribution in [2.24, 2.45) is 0 Å². The predicted octanol–water partition coefficient (Wildman–Crippen LogP) is 3.09. The molecule has 1 heteroatoms. The van der Waals surface area contributed by atoms with Gasteiger partial charge in [0.25, 0.3) is 0 Å². The van der Waals surface area contributed by atoms with E-state index in [1.807, 2.05) is 11.3 Å². The second-order valence-corrected chi connectivity index (χ2v) is 3.25. The maximum Gasteiger partial charge on any atom is 0.0305 e. The number of thiophene rings is 1. The molecule has 1 aromatic rings. The lowest BCUT2D eigenvalue weighted by Gasteiger charge is -1.93. The van der Waals surface area contributed by atoms with Gasteiger partial charge in [-0.3, -0.25) is 0 Å². The van der Waals surface area contributed by atoms with E-state index in [4.69, 9.17) is 0 Å². The van der Waals surface area contributed by atoms with Crippen LogP contribution < -0.4 is 0 Å². The van der Waals surface area contributed by atoms with Crippen molar-refractivity contribution >= 4 is 16.9 Å². The molecule has 0 spiro atoms. The standard InChI is InChI=1S/C9H8S/c1-2-5-8(4-1)9-6-3-7-10-9/h1-4,6-7H,5H2. The van der Waals surface area contributed by atoms with E-state index >= 15 is 0 Å². The fraction of sp³-hybridized carbons (Fsp3) is 0.111. The van der Waals surface area contributed by atoms with Crippen molar-refractivity contribution in [2.75, 3.05) is 0 Å². The maximum absolute atomic E-state index is 2.19. The van der Waals surface area contributed by atoms with Crippen LogP contribution in [0.4, 0.5) is 0 Å². The molecule has 1 aromatic heterocycles. The lowest BCUT2D eigenvalue weighted by atomic mass is 10.2. The van der Waals surface area contributed by atoms with E-state index in [-0.39, 0.29) is 0 Å². The predicted molar refractivity (Wildman–Crippen MR) is 46.1 cm³/mol. The van der Waals surface area contributed by atoms with Gasteiger partial charge in [-0.05, 0) is 23.4 Å². The van der Waals surface area contributed by atoms with Gasteiger partial charge in [0.1, 0.15) is 0 Å². The third-order valence-corrected chi connectivity index (χ3v) is 2.55. The van der Waals surface area contributed by atoms with Gasteiger partial charge in [0, 0.05) is 4.88 Å². The van der Waals surface area contributed by atoms with Gasteiger partial charge in [-0.2, -0.15) is 0 Å². The zero-order chi connectivity index (χ0) is 6.81. The van der Waals surface area contributed by atoms with Crippen LogP contribution in [0.1, 0.15) is 11.3 Å². The van der Waals surface area contributed by atoms with Crippen LogP contribution in [0.25, 0.3) is 5.57 Å². The van der Waals surface area contributed by atoms with Crippen LogP contribution in [0.15, 0.2) is 35.7 Å². The Labute approximate surface area is 64.5 Å². The minimum absolute atomic E-state index is 1.11. The Morgan fingerprint density at radius 2 is 2.40 bits per heavy atom. The normalized spacial score (nSPS) is 15.8. The van der Waals surface area contributed by atoms with E-state index in [2.05, 4.69) is 35.7 Å². The minimum Gasteiger partial charge on any atom is -0.144 e. The van der Waals surface area contributed by atoms with Crippen molar-refractivity contribution in [3.63, 3.8) is 0 Å². The molecule has 0 aliphatic heterocycles. The van der Waals surface area contributed by atoms with Gasteiger partial charge in [0.2, 0.25) is 0 Å². The molecule has 0 nitrogen and oxygen atoms in total. The Bertz CT molecular complexity index is 265. The van der Waals surface area contributed by atoms with Crippen LogP contribution in [0, 0.1) is 0 Å². The molecule has 10 heavy (non-hydrogen) atoms. The van der Waals surface area contributed by atoms with Gasteiger partial charge in [-0.15, -0.1) is 11.3 Å². The van der Waals surface area contributed by atoms with Gasteiger partial charge < -0.3 is 0 Å². The molecule has 0 atom stereocenters. The first-order valence-electron chi connectivity index (χ1n) is 3.36. The van der Waals surface area contributed by atoms with Gasteiger partial charge in [0.05, 0.1) is 0 Å². The summed E-state index contributed by atoms with van der Waals surface area (Å²) in [5, 5.41) is 2.12. The minimum atomic E-state index is 1.11. The summed E-state index contributed by atoms with van der Waals surface area (Å²) in [4.78, 5) is 1.41. The Kier molecular flexibility index (Phi) is 1.44. The third-order valence-electron chi connectivity index (χ3n) is 1.61. The van der Waals surface area contributed by atoms with E-state index in [0.717, 1.165) is 6.42 Å². The number of hydrogen-bond donors (Lipinski definition) is 0. The summed E-state index contributed by atoms with van der Waals surface area (Å²) in [6, 6.07) is 4.27. The zero-order valence-corrected chi connectivity index (χ0v) is 6.40. The maximum atomic E-state index is 2.19. The Morgan fingerprint density at radius 1 is 1.40 bits per heavy atom. The van der Waals surface area contributed by atoms with Gasteiger partial charge in [-0.25, -0.2) is 0 Å². The highest BCUT2D eigenvalue weighted by atomic mass is 32.1. The molecule has 0 unspecified atom stereocenters. The summed E-state index contributed by atoms with van der Waals surface area (Å²) < 4.78 is 0. The van der Waals surface area contributed by atoms with Gasteiger partial charge in [-0.1, -0.05) is 24.3 Å². The molecule has 0 radical (unpaired) electrons. The SMILES string of the molecule is C1=CCC(c2cccs2)=C1. The molecule has 0 bridgehead atoms. The van der Waals surface area contributed by atoms with E-state index in [1.54, 1.807) is 0 Å². The average Bonchev–Trinajstić information content (AvgIpc) is 2.59. The number of hydrogen-bond acceptors (Lipinski definition) is 1. The van der Waals surface area contributed by atoms with Crippen molar-refractivity contribution in [1.82, 2.24) is 0 Å². The lowest BCUT2D eigenvalue weighted by molar-refractivity contribution is 1.47. The summed E-state index contributed by atoms with van der Waals surface area (Å²) in [6.45, 7) is 0. The smallest absolute Gasteiger partial charge is 0.0305 e. The average molecular weight is 148 g/mol. The van der Waals surface area contributed by atoms with Crippen molar-refractivity contribution in [2.45, 2.75) is 6.42 Å². The van der Waals surface area contributed by atoms with Crippen molar-refractivity contribution in [3.8, 4) is 0 Å². The van der Waals surface area contributed by atoms with Gasteiger partial charge >= 0.3 is 0 Å². The van der Waals surface area contributed by atoms with Crippen molar-refractivity contribution in [3.05, 3.63) is 40.6 Å². The molecule has 1 heterocycles. The molecular formula is C9H8S. The highest BCUT2D eigenvalue weighted by molar-refractivity contribution is 7.11. The molecule has 0 saturated carbocycles. The summed E-state index contributed by atoms with van der Waals surface area (Å²) in [6.07, 6.45) is 7.61. The first-order valence-corrected chi connectivity index (χ1v) is 4.24. The largest absolute Gasteiger partial charge is 0.144 e. The number of allylic oxidation sites excluding steroid dienone is 4. The topological polar surface area (TPSA) is 0 Å².